The molecule has 0 radical (unpaired) electrons. The molecule has 1 aliphatic rings. The first-order valence-corrected chi connectivity index (χ1v) is 8.46. The minimum Gasteiger partial charge on any atom is -0.394 e. The first kappa shape index (κ1) is 14.5. The summed E-state index contributed by atoms with van der Waals surface area (Å²) in [4.78, 5) is 0.363. The lowest BCUT2D eigenvalue weighted by atomic mass is 9.83. The summed E-state index contributed by atoms with van der Waals surface area (Å²) in [6.07, 6.45) is 4.20. The fourth-order valence-electron chi connectivity index (χ4n) is 2.38. The van der Waals surface area contributed by atoms with Gasteiger partial charge in [-0.2, -0.15) is 5.26 Å². The van der Waals surface area contributed by atoms with Crippen LogP contribution >= 0.6 is 11.3 Å². The largest absolute Gasteiger partial charge is 0.394 e. The van der Waals surface area contributed by atoms with Gasteiger partial charge in [0.2, 0.25) is 0 Å². The Hall–Kier alpha value is -0.940. The van der Waals surface area contributed by atoms with E-state index in [1.165, 1.54) is 12.1 Å². The van der Waals surface area contributed by atoms with E-state index in [0.29, 0.717) is 17.7 Å². The molecule has 2 rings (SSSR count). The van der Waals surface area contributed by atoms with Crippen molar-refractivity contribution in [1.29, 1.82) is 5.26 Å². The van der Waals surface area contributed by atoms with Gasteiger partial charge in [0, 0.05) is 0 Å². The lowest BCUT2D eigenvalue weighted by molar-refractivity contribution is 0.142. The molecule has 0 aromatic carbocycles. The zero-order valence-corrected chi connectivity index (χ0v) is 12.1. The second kappa shape index (κ2) is 5.59. The summed E-state index contributed by atoms with van der Waals surface area (Å²) in [6.45, 7) is -0.192. The van der Waals surface area contributed by atoms with Crippen molar-refractivity contribution >= 4 is 21.4 Å². The quantitative estimate of drug-likeness (QED) is 0.883. The highest BCUT2D eigenvalue weighted by Gasteiger charge is 2.36. The summed E-state index contributed by atoms with van der Waals surface area (Å²) in [5.41, 5.74) is -0.742. The SMILES string of the molecule is N#Cc1ccc(S(=O)(=O)NC2(CO)CCCCC2)s1. The number of thiophene rings is 1. The molecular formula is C12H16N2O3S2. The summed E-state index contributed by atoms with van der Waals surface area (Å²) in [5.74, 6) is 0. The maximum atomic E-state index is 12.3. The van der Waals surface area contributed by atoms with Gasteiger partial charge in [0.25, 0.3) is 10.0 Å². The predicted octanol–water partition coefficient (Wildman–Crippen LogP) is 1.59. The van der Waals surface area contributed by atoms with E-state index in [9.17, 15) is 13.5 Å². The molecule has 19 heavy (non-hydrogen) atoms. The Kier molecular flexibility index (Phi) is 4.26. The number of nitrogens with zero attached hydrogens (tertiary/aromatic N) is 1. The highest BCUT2D eigenvalue weighted by Crippen LogP contribution is 2.30. The molecule has 2 N–H and O–H groups in total. The number of sulfonamides is 1. The molecule has 0 unspecified atom stereocenters. The van der Waals surface area contributed by atoms with E-state index in [-0.39, 0.29) is 10.8 Å². The Morgan fingerprint density at radius 3 is 2.58 bits per heavy atom. The normalized spacial score (nSPS) is 18.9. The minimum absolute atomic E-state index is 0.127. The van der Waals surface area contributed by atoms with E-state index < -0.39 is 15.6 Å². The van der Waals surface area contributed by atoms with E-state index in [4.69, 9.17) is 5.26 Å². The maximum Gasteiger partial charge on any atom is 0.250 e. The summed E-state index contributed by atoms with van der Waals surface area (Å²) >= 11 is 0.944. The molecule has 0 atom stereocenters. The van der Waals surface area contributed by atoms with Crippen LogP contribution in [0.1, 0.15) is 37.0 Å². The monoisotopic (exact) mass is 300 g/mol. The predicted molar refractivity (Wildman–Crippen MR) is 72.3 cm³/mol. The number of hydrogen-bond acceptors (Lipinski definition) is 5. The zero-order chi connectivity index (χ0) is 13.9. The van der Waals surface area contributed by atoms with Crippen LogP contribution in [0, 0.1) is 11.3 Å². The van der Waals surface area contributed by atoms with Gasteiger partial charge in [0.05, 0.1) is 12.1 Å². The van der Waals surface area contributed by atoms with Gasteiger partial charge in [0.1, 0.15) is 15.2 Å². The van der Waals surface area contributed by atoms with Crippen LogP contribution in [0.2, 0.25) is 0 Å². The van der Waals surface area contributed by atoms with Crippen molar-refractivity contribution in [3.63, 3.8) is 0 Å². The van der Waals surface area contributed by atoms with Crippen molar-refractivity contribution < 1.29 is 13.5 Å². The van der Waals surface area contributed by atoms with Crippen LogP contribution in [0.25, 0.3) is 0 Å². The summed E-state index contributed by atoms with van der Waals surface area (Å²) in [5, 5.41) is 18.3. The molecule has 0 saturated heterocycles. The van der Waals surface area contributed by atoms with E-state index in [1.54, 1.807) is 0 Å². The fraction of sp³-hybridized carbons (Fsp3) is 0.583. The average molecular weight is 300 g/mol. The molecule has 0 spiro atoms. The topological polar surface area (TPSA) is 90.2 Å². The van der Waals surface area contributed by atoms with Crippen LogP contribution in [0.4, 0.5) is 0 Å². The van der Waals surface area contributed by atoms with Gasteiger partial charge in [-0.05, 0) is 25.0 Å². The van der Waals surface area contributed by atoms with Crippen molar-refractivity contribution in [3.05, 3.63) is 17.0 Å². The molecule has 0 bridgehead atoms. The first-order valence-electron chi connectivity index (χ1n) is 6.16. The van der Waals surface area contributed by atoms with Crippen molar-refractivity contribution in [2.45, 2.75) is 41.9 Å². The van der Waals surface area contributed by atoms with Crippen molar-refractivity contribution in [1.82, 2.24) is 4.72 Å². The van der Waals surface area contributed by atoms with Gasteiger partial charge in [-0.3, -0.25) is 0 Å². The van der Waals surface area contributed by atoms with Gasteiger partial charge in [-0.1, -0.05) is 19.3 Å². The van der Waals surface area contributed by atoms with Gasteiger partial charge in [-0.25, -0.2) is 13.1 Å². The van der Waals surface area contributed by atoms with E-state index in [1.807, 2.05) is 6.07 Å². The number of nitrogens with one attached hydrogen (secondary N) is 1. The highest BCUT2D eigenvalue weighted by atomic mass is 32.2. The van der Waals surface area contributed by atoms with E-state index in [0.717, 1.165) is 30.6 Å². The zero-order valence-electron chi connectivity index (χ0n) is 10.4. The van der Waals surface area contributed by atoms with Crippen LogP contribution in [0.3, 0.4) is 0 Å². The van der Waals surface area contributed by atoms with Crippen molar-refractivity contribution in [3.8, 4) is 6.07 Å². The molecule has 1 fully saturated rings. The molecule has 1 aliphatic carbocycles. The molecule has 104 valence electrons. The maximum absolute atomic E-state index is 12.3. The molecule has 1 heterocycles. The number of aliphatic hydroxyl groups is 1. The number of rotatable bonds is 4. The molecule has 5 nitrogen and oxygen atoms in total. The summed E-state index contributed by atoms with van der Waals surface area (Å²) < 4.78 is 27.3. The second-order valence-electron chi connectivity index (χ2n) is 4.84. The van der Waals surface area contributed by atoms with Gasteiger partial charge in [-0.15, -0.1) is 11.3 Å². The number of aliphatic hydroxyl groups excluding tert-OH is 1. The molecule has 0 aliphatic heterocycles. The lowest BCUT2D eigenvalue weighted by Gasteiger charge is -2.35. The molecular weight excluding hydrogens is 284 g/mol. The average Bonchev–Trinajstić information content (AvgIpc) is 2.89. The molecule has 1 saturated carbocycles. The van der Waals surface area contributed by atoms with E-state index in [2.05, 4.69) is 4.72 Å². The van der Waals surface area contributed by atoms with E-state index >= 15 is 0 Å². The van der Waals surface area contributed by atoms with Crippen molar-refractivity contribution in [2.24, 2.45) is 0 Å². The summed E-state index contributed by atoms with van der Waals surface area (Å²) in [7, 11) is -3.66. The number of hydrogen-bond donors (Lipinski definition) is 2. The number of nitriles is 1. The Morgan fingerprint density at radius 1 is 1.37 bits per heavy atom. The van der Waals surface area contributed by atoms with Crippen molar-refractivity contribution in [2.75, 3.05) is 6.61 Å². The molecule has 7 heteroatoms. The van der Waals surface area contributed by atoms with Crippen LogP contribution in [0.5, 0.6) is 0 Å². The standard InChI is InChI=1S/C12H16N2O3S2/c13-8-10-4-5-11(18-10)19(16,17)14-12(9-15)6-2-1-3-7-12/h4-5,14-15H,1-3,6-7,9H2. The second-order valence-corrected chi connectivity index (χ2v) is 7.83. The third kappa shape index (κ3) is 3.15. The lowest BCUT2D eigenvalue weighted by Crippen LogP contribution is -2.52. The first-order chi connectivity index (χ1) is 9.01. The van der Waals surface area contributed by atoms with Crippen LogP contribution < -0.4 is 4.72 Å². The molecule has 1 aromatic heterocycles. The highest BCUT2D eigenvalue weighted by molar-refractivity contribution is 7.91. The molecule has 1 aromatic rings. The summed E-state index contributed by atoms with van der Waals surface area (Å²) in [6, 6.07) is 4.85. The van der Waals surface area contributed by atoms with Gasteiger partial charge < -0.3 is 5.11 Å². The van der Waals surface area contributed by atoms with Gasteiger partial charge >= 0.3 is 0 Å². The Balaban J connectivity index is 2.22. The van der Waals surface area contributed by atoms with Gasteiger partial charge in [0.15, 0.2) is 0 Å². The smallest absolute Gasteiger partial charge is 0.250 e. The fourth-order valence-corrected chi connectivity index (χ4v) is 4.94. The Bertz CT molecular complexity index is 580. The third-order valence-corrected chi connectivity index (χ3v) is 6.48. The third-order valence-electron chi connectivity index (χ3n) is 3.42. The minimum atomic E-state index is -3.66. The Morgan fingerprint density at radius 2 is 2.05 bits per heavy atom. The Labute approximate surface area is 116 Å². The molecule has 0 amide bonds. The van der Waals surface area contributed by atoms with Crippen LogP contribution in [-0.4, -0.2) is 25.7 Å². The van der Waals surface area contributed by atoms with Crippen LogP contribution in [-0.2, 0) is 10.0 Å². The van der Waals surface area contributed by atoms with Crippen LogP contribution in [0.15, 0.2) is 16.3 Å².